The van der Waals surface area contributed by atoms with E-state index in [0.717, 1.165) is 12.8 Å². The number of anilines is 1. The molecule has 1 N–H and O–H groups in total. The number of hydrogen-bond donors (Lipinski definition) is 1. The van der Waals surface area contributed by atoms with Crippen molar-refractivity contribution in [1.82, 2.24) is 14.8 Å². The zero-order valence-electron chi connectivity index (χ0n) is 18.0. The Kier molecular flexibility index (Phi) is 7.51. The maximum Gasteiger partial charge on any atom is 0.338 e. The standard InChI is InChI=1S/C23H23ClN4O4S/c1-2-31-22(30)15-7-9-16(10-8-15)25-21(29)14-33-23-27-26-20(28(23)17-11-12-17)13-32-19-6-4-3-5-18(19)24/h3-10,17H,2,11-14H2,1H3,(H,25,29). The molecule has 10 heteroatoms. The highest BCUT2D eigenvalue weighted by molar-refractivity contribution is 7.99. The molecule has 2 aromatic carbocycles. The lowest BCUT2D eigenvalue weighted by Gasteiger charge is -2.11. The lowest BCUT2D eigenvalue weighted by Crippen LogP contribution is -2.15. The van der Waals surface area contributed by atoms with E-state index in [0.29, 0.717) is 45.7 Å². The Morgan fingerprint density at radius 2 is 1.91 bits per heavy atom. The maximum atomic E-state index is 12.4. The topological polar surface area (TPSA) is 95.3 Å². The molecule has 0 saturated heterocycles. The van der Waals surface area contributed by atoms with Gasteiger partial charge in [-0.25, -0.2) is 4.79 Å². The molecule has 0 bridgehead atoms. The van der Waals surface area contributed by atoms with Crippen molar-refractivity contribution in [3.8, 4) is 5.75 Å². The van der Waals surface area contributed by atoms with Crippen LogP contribution in [-0.2, 0) is 16.1 Å². The molecule has 1 aliphatic rings. The minimum Gasteiger partial charge on any atom is -0.484 e. The molecule has 8 nitrogen and oxygen atoms in total. The monoisotopic (exact) mass is 486 g/mol. The second-order valence-corrected chi connectivity index (χ2v) is 8.70. The first kappa shape index (κ1) is 23.1. The highest BCUT2D eigenvalue weighted by Gasteiger charge is 2.30. The second-order valence-electron chi connectivity index (χ2n) is 7.35. The molecule has 3 aromatic rings. The fourth-order valence-electron chi connectivity index (χ4n) is 3.14. The molecule has 172 valence electrons. The van der Waals surface area contributed by atoms with Crippen molar-refractivity contribution in [2.75, 3.05) is 17.7 Å². The molecule has 1 aromatic heterocycles. The number of halogens is 1. The van der Waals surface area contributed by atoms with E-state index in [1.54, 1.807) is 43.3 Å². The van der Waals surface area contributed by atoms with Crippen LogP contribution >= 0.6 is 23.4 Å². The number of nitrogens with one attached hydrogen (secondary N) is 1. The van der Waals surface area contributed by atoms with Crippen LogP contribution in [0.2, 0.25) is 5.02 Å². The summed E-state index contributed by atoms with van der Waals surface area (Å²) in [6, 6.07) is 14.2. The SMILES string of the molecule is CCOC(=O)c1ccc(NC(=O)CSc2nnc(COc3ccccc3Cl)n2C2CC2)cc1. The molecule has 0 spiro atoms. The highest BCUT2D eigenvalue weighted by atomic mass is 35.5. The number of amides is 1. The molecule has 0 aliphatic heterocycles. The van der Waals surface area contributed by atoms with Crippen molar-refractivity contribution < 1.29 is 19.1 Å². The van der Waals surface area contributed by atoms with Gasteiger partial charge in [0.1, 0.15) is 12.4 Å². The van der Waals surface area contributed by atoms with E-state index in [1.807, 2.05) is 16.7 Å². The third kappa shape index (κ3) is 6.06. The van der Waals surface area contributed by atoms with E-state index in [2.05, 4.69) is 15.5 Å². The number of nitrogens with zero attached hydrogens (tertiary/aromatic N) is 3. The van der Waals surface area contributed by atoms with E-state index in [9.17, 15) is 9.59 Å². The van der Waals surface area contributed by atoms with Gasteiger partial charge in [-0.2, -0.15) is 0 Å². The molecule has 1 saturated carbocycles. The van der Waals surface area contributed by atoms with Crippen LogP contribution in [0.3, 0.4) is 0 Å². The summed E-state index contributed by atoms with van der Waals surface area (Å²) in [5.41, 5.74) is 1.04. The molecule has 33 heavy (non-hydrogen) atoms. The van der Waals surface area contributed by atoms with Crippen molar-refractivity contribution in [3.63, 3.8) is 0 Å². The first-order valence-electron chi connectivity index (χ1n) is 10.6. The number of aromatic nitrogens is 3. The van der Waals surface area contributed by atoms with Crippen LogP contribution in [0.4, 0.5) is 5.69 Å². The number of rotatable bonds is 10. The van der Waals surface area contributed by atoms with E-state index in [1.165, 1.54) is 11.8 Å². The first-order valence-corrected chi connectivity index (χ1v) is 11.9. The summed E-state index contributed by atoms with van der Waals surface area (Å²) in [6.45, 7) is 2.31. The third-order valence-electron chi connectivity index (χ3n) is 4.85. The van der Waals surface area contributed by atoms with Crippen LogP contribution in [0.1, 0.15) is 42.0 Å². The van der Waals surface area contributed by atoms with E-state index in [4.69, 9.17) is 21.1 Å². The predicted molar refractivity (Wildman–Crippen MR) is 126 cm³/mol. The maximum absolute atomic E-state index is 12.4. The Morgan fingerprint density at radius 3 is 2.61 bits per heavy atom. The first-order chi connectivity index (χ1) is 16.0. The second kappa shape index (κ2) is 10.7. The van der Waals surface area contributed by atoms with Gasteiger partial charge in [0.25, 0.3) is 0 Å². The zero-order valence-corrected chi connectivity index (χ0v) is 19.6. The van der Waals surface area contributed by atoms with Crippen molar-refractivity contribution >= 4 is 40.9 Å². The van der Waals surface area contributed by atoms with Gasteiger partial charge in [0.15, 0.2) is 11.0 Å². The number of ether oxygens (including phenoxy) is 2. The van der Waals surface area contributed by atoms with Gasteiger partial charge in [-0.1, -0.05) is 35.5 Å². The van der Waals surface area contributed by atoms with Crippen LogP contribution < -0.4 is 10.1 Å². The molecular weight excluding hydrogens is 464 g/mol. The van der Waals surface area contributed by atoms with Crippen LogP contribution in [0, 0.1) is 0 Å². The molecule has 0 atom stereocenters. The van der Waals surface area contributed by atoms with Crippen molar-refractivity contribution in [3.05, 3.63) is 64.9 Å². The Balaban J connectivity index is 1.34. The van der Waals surface area contributed by atoms with Gasteiger partial charge >= 0.3 is 5.97 Å². The summed E-state index contributed by atoms with van der Waals surface area (Å²) in [4.78, 5) is 24.2. The molecule has 4 rings (SSSR count). The number of para-hydroxylation sites is 1. The minimum atomic E-state index is -0.389. The van der Waals surface area contributed by atoms with Crippen LogP contribution in [0.15, 0.2) is 53.7 Å². The summed E-state index contributed by atoms with van der Waals surface area (Å²) < 4.78 is 12.8. The van der Waals surface area contributed by atoms with Gasteiger partial charge < -0.3 is 14.8 Å². The molecule has 0 radical (unpaired) electrons. The predicted octanol–water partition coefficient (Wildman–Crippen LogP) is 4.75. The minimum absolute atomic E-state index is 0.176. The summed E-state index contributed by atoms with van der Waals surface area (Å²) in [7, 11) is 0. The number of benzene rings is 2. The number of hydrogen-bond acceptors (Lipinski definition) is 7. The van der Waals surface area contributed by atoms with Crippen molar-refractivity contribution in [2.24, 2.45) is 0 Å². The van der Waals surface area contributed by atoms with Crippen molar-refractivity contribution in [2.45, 2.75) is 37.6 Å². The van der Waals surface area contributed by atoms with Crippen LogP contribution in [0.25, 0.3) is 0 Å². The molecule has 1 amide bonds. The summed E-state index contributed by atoms with van der Waals surface area (Å²) >= 11 is 7.48. The molecule has 1 fully saturated rings. The zero-order chi connectivity index (χ0) is 23.2. The summed E-state index contributed by atoms with van der Waals surface area (Å²) in [6.07, 6.45) is 2.09. The van der Waals surface area contributed by atoms with Gasteiger partial charge in [0, 0.05) is 11.7 Å². The number of esters is 1. The lowest BCUT2D eigenvalue weighted by atomic mass is 10.2. The smallest absolute Gasteiger partial charge is 0.338 e. The fourth-order valence-corrected chi connectivity index (χ4v) is 4.15. The summed E-state index contributed by atoms with van der Waals surface area (Å²) in [5.74, 6) is 0.903. The van der Waals surface area contributed by atoms with Gasteiger partial charge in [-0.15, -0.1) is 10.2 Å². The average Bonchev–Trinajstić information content (AvgIpc) is 3.57. The lowest BCUT2D eigenvalue weighted by molar-refractivity contribution is -0.113. The molecular formula is C23H23ClN4O4S. The number of carbonyl (C=O) groups is 2. The number of thioether (sulfide) groups is 1. The third-order valence-corrected chi connectivity index (χ3v) is 6.11. The van der Waals surface area contributed by atoms with Gasteiger partial charge in [-0.05, 0) is 56.2 Å². The fraction of sp³-hybridized carbons (Fsp3) is 0.304. The Labute approximate surface area is 200 Å². The van der Waals surface area contributed by atoms with Crippen molar-refractivity contribution in [1.29, 1.82) is 0 Å². The molecule has 1 heterocycles. The van der Waals surface area contributed by atoms with Gasteiger partial charge in [0.05, 0.1) is 22.9 Å². The van der Waals surface area contributed by atoms with Gasteiger partial charge in [0.2, 0.25) is 5.91 Å². The van der Waals surface area contributed by atoms with E-state index < -0.39 is 0 Å². The Bertz CT molecular complexity index is 1130. The van der Waals surface area contributed by atoms with Gasteiger partial charge in [-0.3, -0.25) is 9.36 Å². The quantitative estimate of drug-likeness (QED) is 0.326. The molecule has 1 aliphatic carbocycles. The van der Waals surface area contributed by atoms with Crippen LogP contribution in [-0.4, -0.2) is 39.0 Å². The largest absolute Gasteiger partial charge is 0.484 e. The summed E-state index contributed by atoms with van der Waals surface area (Å²) in [5, 5.41) is 12.6. The molecule has 0 unspecified atom stereocenters. The van der Waals surface area contributed by atoms with E-state index >= 15 is 0 Å². The number of carbonyl (C=O) groups excluding carboxylic acids is 2. The van der Waals surface area contributed by atoms with E-state index in [-0.39, 0.29) is 24.2 Å². The Morgan fingerprint density at radius 1 is 1.15 bits per heavy atom. The van der Waals surface area contributed by atoms with Crippen LogP contribution in [0.5, 0.6) is 5.75 Å². The highest BCUT2D eigenvalue weighted by Crippen LogP contribution is 2.39. The Hall–Kier alpha value is -3.04. The average molecular weight is 487 g/mol. The normalized spacial score (nSPS) is 12.9.